The SMILES string of the molecule is Cc1ccc(OCC2(O)CC2)cc1Br. The zero-order valence-corrected chi connectivity index (χ0v) is 9.67. The summed E-state index contributed by atoms with van der Waals surface area (Å²) in [5, 5.41) is 9.58. The van der Waals surface area contributed by atoms with E-state index in [0.717, 1.165) is 23.1 Å². The lowest BCUT2D eigenvalue weighted by molar-refractivity contribution is 0.0856. The minimum atomic E-state index is -0.544. The molecule has 1 aromatic rings. The highest BCUT2D eigenvalue weighted by Crippen LogP contribution is 2.35. The summed E-state index contributed by atoms with van der Waals surface area (Å²) in [6.07, 6.45) is 1.72. The van der Waals surface area contributed by atoms with Gasteiger partial charge in [0.05, 0.1) is 5.60 Å². The van der Waals surface area contributed by atoms with Gasteiger partial charge in [-0.1, -0.05) is 22.0 Å². The van der Waals surface area contributed by atoms with Gasteiger partial charge in [0.1, 0.15) is 12.4 Å². The molecule has 76 valence electrons. The summed E-state index contributed by atoms with van der Waals surface area (Å²) >= 11 is 3.44. The molecular formula is C11H13BrO2. The van der Waals surface area contributed by atoms with Crippen LogP contribution in [0.5, 0.6) is 5.75 Å². The second-order valence-electron chi connectivity index (χ2n) is 3.92. The zero-order chi connectivity index (χ0) is 10.2. The molecule has 1 aliphatic rings. The van der Waals surface area contributed by atoms with Gasteiger partial charge in [-0.3, -0.25) is 0 Å². The second-order valence-corrected chi connectivity index (χ2v) is 4.78. The van der Waals surface area contributed by atoms with Gasteiger partial charge in [-0.25, -0.2) is 0 Å². The Bertz CT molecular complexity index is 345. The van der Waals surface area contributed by atoms with Crippen LogP contribution in [-0.4, -0.2) is 17.3 Å². The predicted octanol–water partition coefficient (Wildman–Crippen LogP) is 2.66. The third kappa shape index (κ3) is 2.28. The van der Waals surface area contributed by atoms with Crippen molar-refractivity contribution in [3.05, 3.63) is 28.2 Å². The van der Waals surface area contributed by atoms with Crippen molar-refractivity contribution in [2.24, 2.45) is 0 Å². The van der Waals surface area contributed by atoms with E-state index in [2.05, 4.69) is 15.9 Å². The molecule has 0 bridgehead atoms. The molecule has 2 rings (SSSR count). The van der Waals surface area contributed by atoms with Crippen molar-refractivity contribution in [3.8, 4) is 5.75 Å². The molecule has 0 radical (unpaired) electrons. The average Bonchev–Trinajstić information content (AvgIpc) is 2.87. The van der Waals surface area contributed by atoms with E-state index in [-0.39, 0.29) is 0 Å². The van der Waals surface area contributed by atoms with E-state index in [1.165, 1.54) is 5.56 Å². The third-order valence-electron chi connectivity index (χ3n) is 2.48. The lowest BCUT2D eigenvalue weighted by atomic mass is 10.2. The lowest BCUT2D eigenvalue weighted by Crippen LogP contribution is -2.18. The van der Waals surface area contributed by atoms with Crippen LogP contribution < -0.4 is 4.74 Å². The Balaban J connectivity index is 1.99. The van der Waals surface area contributed by atoms with Gasteiger partial charge < -0.3 is 9.84 Å². The van der Waals surface area contributed by atoms with E-state index < -0.39 is 5.60 Å². The summed E-state index contributed by atoms with van der Waals surface area (Å²) in [7, 11) is 0. The fourth-order valence-electron chi connectivity index (χ4n) is 1.17. The monoisotopic (exact) mass is 256 g/mol. The molecule has 1 saturated carbocycles. The van der Waals surface area contributed by atoms with Gasteiger partial charge in [0.15, 0.2) is 0 Å². The Hall–Kier alpha value is -0.540. The van der Waals surface area contributed by atoms with Crippen molar-refractivity contribution >= 4 is 15.9 Å². The van der Waals surface area contributed by atoms with Gasteiger partial charge in [0, 0.05) is 4.47 Å². The van der Waals surface area contributed by atoms with Gasteiger partial charge in [-0.15, -0.1) is 0 Å². The molecule has 0 amide bonds. The van der Waals surface area contributed by atoms with Crippen molar-refractivity contribution in [3.63, 3.8) is 0 Å². The fourth-order valence-corrected chi connectivity index (χ4v) is 1.53. The Labute approximate surface area is 92.0 Å². The highest BCUT2D eigenvalue weighted by Gasteiger charge is 2.41. The van der Waals surface area contributed by atoms with Crippen molar-refractivity contribution in [2.45, 2.75) is 25.4 Å². The Morgan fingerprint density at radius 2 is 2.21 bits per heavy atom. The first-order chi connectivity index (χ1) is 6.59. The van der Waals surface area contributed by atoms with Crippen LogP contribution in [0, 0.1) is 6.92 Å². The zero-order valence-electron chi connectivity index (χ0n) is 8.09. The van der Waals surface area contributed by atoms with Gasteiger partial charge in [0.25, 0.3) is 0 Å². The maximum atomic E-state index is 9.58. The van der Waals surface area contributed by atoms with Crippen LogP contribution in [0.2, 0.25) is 0 Å². The molecule has 0 aliphatic heterocycles. The number of rotatable bonds is 3. The summed E-state index contributed by atoms with van der Waals surface area (Å²) < 4.78 is 6.53. The van der Waals surface area contributed by atoms with Crippen LogP contribution in [-0.2, 0) is 0 Å². The Morgan fingerprint density at radius 3 is 2.79 bits per heavy atom. The van der Waals surface area contributed by atoms with Gasteiger partial charge in [-0.2, -0.15) is 0 Å². The summed E-state index contributed by atoms with van der Waals surface area (Å²) in [5.41, 5.74) is 0.639. The summed E-state index contributed by atoms with van der Waals surface area (Å²) in [6.45, 7) is 2.44. The lowest BCUT2D eigenvalue weighted by Gasteiger charge is -2.10. The molecule has 1 N–H and O–H groups in total. The number of hydrogen-bond donors (Lipinski definition) is 1. The molecule has 1 fully saturated rings. The number of ether oxygens (including phenoxy) is 1. The minimum Gasteiger partial charge on any atom is -0.491 e. The van der Waals surface area contributed by atoms with E-state index in [4.69, 9.17) is 4.74 Å². The molecule has 0 saturated heterocycles. The molecule has 3 heteroatoms. The Kier molecular flexibility index (Phi) is 2.54. The van der Waals surface area contributed by atoms with E-state index in [1.807, 2.05) is 25.1 Å². The molecule has 0 heterocycles. The number of halogens is 1. The number of aliphatic hydroxyl groups is 1. The summed E-state index contributed by atoms with van der Waals surface area (Å²) in [4.78, 5) is 0. The summed E-state index contributed by atoms with van der Waals surface area (Å²) in [6, 6.07) is 5.85. The standard InChI is InChI=1S/C11H13BrO2/c1-8-2-3-9(6-10(8)12)14-7-11(13)4-5-11/h2-3,6,13H,4-5,7H2,1H3. The predicted molar refractivity (Wildman–Crippen MR) is 58.6 cm³/mol. The number of aryl methyl sites for hydroxylation is 1. The van der Waals surface area contributed by atoms with E-state index in [1.54, 1.807) is 0 Å². The molecule has 1 aliphatic carbocycles. The highest BCUT2D eigenvalue weighted by atomic mass is 79.9. The van der Waals surface area contributed by atoms with Gasteiger partial charge in [0.2, 0.25) is 0 Å². The quantitative estimate of drug-likeness (QED) is 0.902. The normalized spacial score (nSPS) is 17.9. The van der Waals surface area contributed by atoms with Crippen LogP contribution in [0.25, 0.3) is 0 Å². The maximum absolute atomic E-state index is 9.58. The van der Waals surface area contributed by atoms with Crippen LogP contribution in [0.4, 0.5) is 0 Å². The second kappa shape index (κ2) is 3.55. The van der Waals surface area contributed by atoms with Crippen molar-refractivity contribution in [1.29, 1.82) is 0 Å². The smallest absolute Gasteiger partial charge is 0.120 e. The maximum Gasteiger partial charge on any atom is 0.120 e. The van der Waals surface area contributed by atoms with Crippen LogP contribution in [0.15, 0.2) is 22.7 Å². The van der Waals surface area contributed by atoms with Crippen LogP contribution in [0.1, 0.15) is 18.4 Å². The van der Waals surface area contributed by atoms with Crippen molar-refractivity contribution in [2.75, 3.05) is 6.61 Å². The first kappa shape index (κ1) is 9.99. The molecular weight excluding hydrogens is 244 g/mol. The van der Waals surface area contributed by atoms with Crippen molar-refractivity contribution < 1.29 is 9.84 Å². The van der Waals surface area contributed by atoms with Crippen LogP contribution >= 0.6 is 15.9 Å². The van der Waals surface area contributed by atoms with Crippen LogP contribution in [0.3, 0.4) is 0 Å². The molecule has 2 nitrogen and oxygen atoms in total. The van der Waals surface area contributed by atoms with Crippen molar-refractivity contribution in [1.82, 2.24) is 0 Å². The largest absolute Gasteiger partial charge is 0.491 e. The topological polar surface area (TPSA) is 29.5 Å². The summed E-state index contributed by atoms with van der Waals surface area (Å²) in [5.74, 6) is 0.808. The Morgan fingerprint density at radius 1 is 1.50 bits per heavy atom. The first-order valence-corrected chi connectivity index (χ1v) is 5.50. The van der Waals surface area contributed by atoms with E-state index >= 15 is 0 Å². The molecule has 0 atom stereocenters. The van der Waals surface area contributed by atoms with Gasteiger partial charge in [-0.05, 0) is 37.5 Å². The van der Waals surface area contributed by atoms with E-state index in [9.17, 15) is 5.11 Å². The van der Waals surface area contributed by atoms with E-state index in [0.29, 0.717) is 6.61 Å². The highest BCUT2D eigenvalue weighted by molar-refractivity contribution is 9.10. The molecule has 0 aromatic heterocycles. The molecule has 0 unspecified atom stereocenters. The molecule has 1 aromatic carbocycles. The minimum absolute atomic E-state index is 0.405. The number of hydrogen-bond acceptors (Lipinski definition) is 2. The fraction of sp³-hybridized carbons (Fsp3) is 0.455. The third-order valence-corrected chi connectivity index (χ3v) is 3.33. The average molecular weight is 257 g/mol. The first-order valence-electron chi connectivity index (χ1n) is 4.70. The van der Waals surface area contributed by atoms with Gasteiger partial charge >= 0.3 is 0 Å². The number of benzene rings is 1. The molecule has 0 spiro atoms. The molecule has 14 heavy (non-hydrogen) atoms.